The molecule has 0 aliphatic carbocycles. The van der Waals surface area contributed by atoms with E-state index in [2.05, 4.69) is 20.6 Å². The Balaban J connectivity index is 1.85. The van der Waals surface area contributed by atoms with E-state index >= 15 is 0 Å². The van der Waals surface area contributed by atoms with Crippen molar-refractivity contribution in [2.24, 2.45) is 0 Å². The summed E-state index contributed by atoms with van der Waals surface area (Å²) in [5, 5.41) is 17.6. The van der Waals surface area contributed by atoms with Crippen molar-refractivity contribution >= 4 is 52.2 Å². The standard InChI is InChI=1S/C20H20Cl2N4OS/c1-28-20-24-12-14(11-23-18-16(21)6-3-7-17(18)22)19(26-20)25-15-5-2-4-13(10-15)8-9-27/h2-7,10,12,23,27H,8-9,11H2,1H3,(H,24,25,26). The van der Waals surface area contributed by atoms with Crippen LogP contribution in [0.3, 0.4) is 0 Å². The maximum absolute atomic E-state index is 9.16. The number of nitrogens with one attached hydrogen (secondary N) is 2. The fourth-order valence-corrected chi connectivity index (χ4v) is 3.52. The number of halogens is 2. The SMILES string of the molecule is CSc1ncc(CNc2c(Cl)cccc2Cl)c(Nc2cccc(CCO)c2)n1. The number of thioether (sulfide) groups is 1. The molecule has 0 aliphatic rings. The molecular weight excluding hydrogens is 415 g/mol. The molecular formula is C20H20Cl2N4OS. The summed E-state index contributed by atoms with van der Waals surface area (Å²) in [6, 6.07) is 13.3. The summed E-state index contributed by atoms with van der Waals surface area (Å²) in [5.41, 5.74) is 3.50. The Kier molecular flexibility index (Phi) is 7.39. The van der Waals surface area contributed by atoms with Gasteiger partial charge in [0.2, 0.25) is 0 Å². The van der Waals surface area contributed by atoms with Crippen molar-refractivity contribution in [1.82, 2.24) is 9.97 Å². The minimum absolute atomic E-state index is 0.112. The Morgan fingerprint density at radius 3 is 2.57 bits per heavy atom. The summed E-state index contributed by atoms with van der Waals surface area (Å²) in [6.45, 7) is 0.568. The van der Waals surface area contributed by atoms with Crippen molar-refractivity contribution in [3.63, 3.8) is 0 Å². The average molecular weight is 435 g/mol. The van der Waals surface area contributed by atoms with Crippen molar-refractivity contribution < 1.29 is 5.11 Å². The molecule has 8 heteroatoms. The molecule has 0 fully saturated rings. The zero-order valence-corrected chi connectivity index (χ0v) is 17.6. The highest BCUT2D eigenvalue weighted by Gasteiger charge is 2.11. The molecule has 3 rings (SSSR count). The van der Waals surface area contributed by atoms with Gasteiger partial charge in [-0.2, -0.15) is 0 Å². The Morgan fingerprint density at radius 2 is 1.86 bits per heavy atom. The Hall–Kier alpha value is -1.99. The van der Waals surface area contributed by atoms with Crippen molar-refractivity contribution in [1.29, 1.82) is 0 Å². The van der Waals surface area contributed by atoms with E-state index in [1.165, 1.54) is 11.8 Å². The van der Waals surface area contributed by atoms with Crippen LogP contribution in [-0.2, 0) is 13.0 Å². The van der Waals surface area contributed by atoms with Crippen LogP contribution in [-0.4, -0.2) is 27.9 Å². The highest BCUT2D eigenvalue weighted by atomic mass is 35.5. The summed E-state index contributed by atoms with van der Waals surface area (Å²) in [4.78, 5) is 8.98. The third-order valence-electron chi connectivity index (χ3n) is 4.03. The van der Waals surface area contributed by atoms with Gasteiger partial charge in [0.1, 0.15) is 5.82 Å². The number of aliphatic hydroxyl groups is 1. The Morgan fingerprint density at radius 1 is 1.11 bits per heavy atom. The number of hydrogen-bond donors (Lipinski definition) is 3. The summed E-state index contributed by atoms with van der Waals surface area (Å²) >= 11 is 14.0. The molecule has 0 unspecified atom stereocenters. The van der Waals surface area contributed by atoms with E-state index in [9.17, 15) is 0 Å². The molecule has 1 aromatic heterocycles. The minimum atomic E-state index is 0.112. The smallest absolute Gasteiger partial charge is 0.189 e. The second-order valence-corrected chi connectivity index (χ2v) is 7.57. The van der Waals surface area contributed by atoms with Crippen LogP contribution in [0.25, 0.3) is 0 Å². The molecule has 0 bridgehead atoms. The van der Waals surface area contributed by atoms with Gasteiger partial charge in [0.25, 0.3) is 0 Å². The van der Waals surface area contributed by atoms with Crippen LogP contribution < -0.4 is 10.6 Å². The highest BCUT2D eigenvalue weighted by Crippen LogP contribution is 2.31. The molecule has 5 nitrogen and oxygen atoms in total. The van der Waals surface area contributed by atoms with Gasteiger partial charge in [0.15, 0.2) is 5.16 Å². The first-order valence-electron chi connectivity index (χ1n) is 8.65. The van der Waals surface area contributed by atoms with Gasteiger partial charge < -0.3 is 15.7 Å². The van der Waals surface area contributed by atoms with E-state index < -0.39 is 0 Å². The van der Waals surface area contributed by atoms with Crippen LogP contribution in [0.2, 0.25) is 10.0 Å². The molecule has 2 aromatic carbocycles. The zero-order chi connectivity index (χ0) is 19.9. The van der Waals surface area contributed by atoms with Crippen LogP contribution in [0.4, 0.5) is 17.2 Å². The molecule has 146 valence electrons. The second-order valence-electron chi connectivity index (χ2n) is 5.98. The van der Waals surface area contributed by atoms with Crippen molar-refractivity contribution in [3.8, 4) is 0 Å². The van der Waals surface area contributed by atoms with Gasteiger partial charge in [0, 0.05) is 30.6 Å². The number of benzene rings is 2. The molecule has 3 N–H and O–H groups in total. The number of para-hydroxylation sites is 1. The van der Waals surface area contributed by atoms with Crippen molar-refractivity contribution in [3.05, 3.63) is 69.8 Å². The fraction of sp³-hybridized carbons (Fsp3) is 0.200. The lowest BCUT2D eigenvalue weighted by atomic mass is 10.1. The minimum Gasteiger partial charge on any atom is -0.396 e. The summed E-state index contributed by atoms with van der Waals surface area (Å²) < 4.78 is 0. The zero-order valence-electron chi connectivity index (χ0n) is 15.2. The topological polar surface area (TPSA) is 70.1 Å². The highest BCUT2D eigenvalue weighted by molar-refractivity contribution is 7.98. The van der Waals surface area contributed by atoms with Crippen LogP contribution in [0, 0.1) is 0 Å². The molecule has 0 saturated carbocycles. The summed E-state index contributed by atoms with van der Waals surface area (Å²) in [5.74, 6) is 0.705. The predicted molar refractivity (Wildman–Crippen MR) is 118 cm³/mol. The fourth-order valence-electron chi connectivity index (χ4n) is 2.65. The molecule has 0 radical (unpaired) electrons. The number of hydrogen-bond acceptors (Lipinski definition) is 6. The van der Waals surface area contributed by atoms with E-state index in [0.717, 1.165) is 16.8 Å². The third kappa shape index (κ3) is 5.29. The van der Waals surface area contributed by atoms with E-state index in [4.69, 9.17) is 28.3 Å². The largest absolute Gasteiger partial charge is 0.396 e. The van der Waals surface area contributed by atoms with Gasteiger partial charge in [-0.15, -0.1) is 0 Å². The van der Waals surface area contributed by atoms with E-state index in [1.54, 1.807) is 24.4 Å². The molecule has 1 heterocycles. The molecule has 0 saturated heterocycles. The average Bonchev–Trinajstić information content (AvgIpc) is 2.69. The molecule has 0 aliphatic heterocycles. The maximum Gasteiger partial charge on any atom is 0.189 e. The first kappa shape index (κ1) is 20.7. The van der Waals surface area contributed by atoms with Crippen molar-refractivity contribution in [2.45, 2.75) is 18.1 Å². The quantitative estimate of drug-likeness (QED) is 0.325. The van der Waals surface area contributed by atoms with Gasteiger partial charge in [-0.05, 0) is 42.5 Å². The van der Waals surface area contributed by atoms with Gasteiger partial charge in [0.05, 0.1) is 15.7 Å². The van der Waals surface area contributed by atoms with Gasteiger partial charge in [-0.25, -0.2) is 9.97 Å². The lowest BCUT2D eigenvalue weighted by molar-refractivity contribution is 0.299. The molecule has 28 heavy (non-hydrogen) atoms. The number of aromatic nitrogens is 2. The lowest BCUT2D eigenvalue weighted by Crippen LogP contribution is -2.07. The van der Waals surface area contributed by atoms with E-state index in [0.29, 0.717) is 39.7 Å². The maximum atomic E-state index is 9.16. The second kappa shape index (κ2) is 9.98. The first-order chi connectivity index (χ1) is 13.6. The van der Waals surface area contributed by atoms with Crippen molar-refractivity contribution in [2.75, 3.05) is 23.5 Å². The molecule has 3 aromatic rings. The van der Waals surface area contributed by atoms with Crippen LogP contribution in [0.1, 0.15) is 11.1 Å². The monoisotopic (exact) mass is 434 g/mol. The molecule has 0 spiro atoms. The van der Waals surface area contributed by atoms with E-state index in [-0.39, 0.29) is 6.61 Å². The van der Waals surface area contributed by atoms with E-state index in [1.807, 2.05) is 30.5 Å². The molecule has 0 atom stereocenters. The number of rotatable bonds is 8. The number of aliphatic hydroxyl groups excluding tert-OH is 1. The summed E-state index contributed by atoms with van der Waals surface area (Å²) in [6.07, 6.45) is 4.33. The molecule has 0 amide bonds. The first-order valence-corrected chi connectivity index (χ1v) is 10.6. The lowest BCUT2D eigenvalue weighted by Gasteiger charge is -2.15. The number of nitrogens with zero attached hydrogens (tertiary/aromatic N) is 2. The third-order valence-corrected chi connectivity index (χ3v) is 5.23. The Bertz CT molecular complexity index is 935. The van der Waals surface area contributed by atoms with Crippen LogP contribution >= 0.6 is 35.0 Å². The number of anilines is 3. The summed E-state index contributed by atoms with van der Waals surface area (Å²) in [7, 11) is 0. The van der Waals surface area contributed by atoms with Gasteiger partial charge >= 0.3 is 0 Å². The van der Waals surface area contributed by atoms with Crippen LogP contribution in [0.5, 0.6) is 0 Å². The van der Waals surface area contributed by atoms with Gasteiger partial charge in [-0.3, -0.25) is 0 Å². The van der Waals surface area contributed by atoms with Gasteiger partial charge in [-0.1, -0.05) is 53.2 Å². The van der Waals surface area contributed by atoms with Crippen LogP contribution in [0.15, 0.2) is 53.8 Å². The Labute approximate surface area is 178 Å². The normalized spacial score (nSPS) is 10.7. The predicted octanol–water partition coefficient (Wildman–Crippen LogP) is 5.40.